The highest BCUT2D eigenvalue weighted by Gasteiger charge is 2.04. The molecule has 3 N–H and O–H groups in total. The van der Waals surface area contributed by atoms with E-state index in [9.17, 15) is 4.79 Å². The molecule has 0 spiro atoms. The van der Waals surface area contributed by atoms with Crippen molar-refractivity contribution in [2.75, 3.05) is 5.32 Å². The first kappa shape index (κ1) is 16.6. The molecular weight excluding hydrogens is 310 g/mol. The molecule has 23 heavy (non-hydrogen) atoms. The lowest BCUT2D eigenvalue weighted by Crippen LogP contribution is -2.25. The van der Waals surface area contributed by atoms with Crippen LogP contribution in [0.2, 0.25) is 0 Å². The Morgan fingerprint density at radius 1 is 1.13 bits per heavy atom. The lowest BCUT2D eigenvalue weighted by atomic mass is 10.1. The average molecular weight is 327 g/mol. The normalized spacial score (nSPS) is 11.0. The monoisotopic (exact) mass is 327 g/mol. The number of aromatic carboxylic acids is 1. The van der Waals surface area contributed by atoms with Crippen LogP contribution in [-0.4, -0.2) is 21.9 Å². The molecule has 0 amide bonds. The van der Waals surface area contributed by atoms with Crippen LogP contribution in [0.4, 0.5) is 5.69 Å². The SMILES string of the molecule is CC(=NNC(=S)Nc1cccc(C(=O)O)c1)c1ccc(C)cc1. The summed E-state index contributed by atoms with van der Waals surface area (Å²) in [5.74, 6) is -0.985. The molecule has 0 fully saturated rings. The Hall–Kier alpha value is -2.73. The van der Waals surface area contributed by atoms with Crippen molar-refractivity contribution in [2.24, 2.45) is 5.10 Å². The largest absolute Gasteiger partial charge is 0.478 e. The fraction of sp³-hybridized carbons (Fsp3) is 0.118. The number of aryl methyl sites for hydroxylation is 1. The predicted octanol–water partition coefficient (Wildman–Crippen LogP) is 3.40. The topological polar surface area (TPSA) is 73.7 Å². The third-order valence-electron chi connectivity index (χ3n) is 3.16. The van der Waals surface area contributed by atoms with Gasteiger partial charge < -0.3 is 10.4 Å². The van der Waals surface area contributed by atoms with E-state index in [-0.39, 0.29) is 5.56 Å². The van der Waals surface area contributed by atoms with Gasteiger partial charge in [-0.1, -0.05) is 35.9 Å². The Morgan fingerprint density at radius 2 is 1.83 bits per heavy atom. The van der Waals surface area contributed by atoms with Crippen LogP contribution < -0.4 is 10.7 Å². The van der Waals surface area contributed by atoms with Crippen molar-refractivity contribution >= 4 is 34.7 Å². The van der Waals surface area contributed by atoms with Crippen LogP contribution in [0.1, 0.15) is 28.4 Å². The van der Waals surface area contributed by atoms with Crippen molar-refractivity contribution in [3.63, 3.8) is 0 Å². The van der Waals surface area contributed by atoms with Crippen LogP contribution in [0.25, 0.3) is 0 Å². The van der Waals surface area contributed by atoms with Gasteiger partial charge in [-0.15, -0.1) is 0 Å². The zero-order valence-corrected chi connectivity index (χ0v) is 13.6. The van der Waals surface area contributed by atoms with E-state index in [0.29, 0.717) is 10.8 Å². The Balaban J connectivity index is 1.99. The van der Waals surface area contributed by atoms with Gasteiger partial charge in [-0.05, 0) is 49.8 Å². The first-order chi connectivity index (χ1) is 11.0. The summed E-state index contributed by atoms with van der Waals surface area (Å²) in [7, 11) is 0. The summed E-state index contributed by atoms with van der Waals surface area (Å²) in [5, 5.41) is 16.4. The summed E-state index contributed by atoms with van der Waals surface area (Å²) in [6, 6.07) is 14.4. The lowest BCUT2D eigenvalue weighted by molar-refractivity contribution is 0.0697. The van der Waals surface area contributed by atoms with Gasteiger partial charge in [0, 0.05) is 5.69 Å². The molecule has 0 aliphatic rings. The van der Waals surface area contributed by atoms with Gasteiger partial charge in [0.05, 0.1) is 11.3 Å². The molecule has 0 radical (unpaired) electrons. The van der Waals surface area contributed by atoms with Crippen molar-refractivity contribution in [1.29, 1.82) is 0 Å². The van der Waals surface area contributed by atoms with Crippen LogP contribution in [0.15, 0.2) is 53.6 Å². The summed E-state index contributed by atoms with van der Waals surface area (Å²) < 4.78 is 0. The number of hydrazone groups is 1. The molecule has 0 aromatic heterocycles. The van der Waals surface area contributed by atoms with Gasteiger partial charge in [-0.25, -0.2) is 4.79 Å². The highest BCUT2D eigenvalue weighted by atomic mass is 32.1. The number of hydrogen-bond acceptors (Lipinski definition) is 3. The van der Waals surface area contributed by atoms with Crippen LogP contribution in [0, 0.1) is 6.92 Å². The van der Waals surface area contributed by atoms with Crippen LogP contribution in [-0.2, 0) is 0 Å². The number of carboxylic acids is 1. The number of carbonyl (C=O) groups is 1. The van der Waals surface area contributed by atoms with Crippen molar-refractivity contribution in [1.82, 2.24) is 5.43 Å². The number of anilines is 1. The maximum absolute atomic E-state index is 10.9. The highest BCUT2D eigenvalue weighted by molar-refractivity contribution is 7.80. The molecule has 0 aliphatic heterocycles. The summed E-state index contributed by atoms with van der Waals surface area (Å²) in [5.41, 5.74) is 6.52. The van der Waals surface area contributed by atoms with Gasteiger partial charge in [0.25, 0.3) is 0 Å². The van der Waals surface area contributed by atoms with Gasteiger partial charge in [-0.3, -0.25) is 5.43 Å². The smallest absolute Gasteiger partial charge is 0.335 e. The third-order valence-corrected chi connectivity index (χ3v) is 3.36. The average Bonchev–Trinajstić information content (AvgIpc) is 2.53. The Morgan fingerprint density at radius 3 is 2.48 bits per heavy atom. The standard InChI is InChI=1S/C17H17N3O2S/c1-11-6-8-13(9-7-11)12(2)19-20-17(23)18-15-5-3-4-14(10-15)16(21)22/h3-10H,1-2H3,(H,21,22)(H2,18,20,23). The minimum absolute atomic E-state index is 0.192. The van der Waals surface area contributed by atoms with Crippen molar-refractivity contribution < 1.29 is 9.90 Å². The van der Waals surface area contributed by atoms with Crippen molar-refractivity contribution in [3.8, 4) is 0 Å². The first-order valence-corrected chi connectivity index (χ1v) is 7.38. The summed E-state index contributed by atoms with van der Waals surface area (Å²) in [6.07, 6.45) is 0. The maximum Gasteiger partial charge on any atom is 0.335 e. The summed E-state index contributed by atoms with van der Waals surface area (Å²) in [6.45, 7) is 3.91. The lowest BCUT2D eigenvalue weighted by Gasteiger charge is -2.09. The zero-order valence-electron chi connectivity index (χ0n) is 12.8. The van der Waals surface area contributed by atoms with Crippen LogP contribution in [0.3, 0.4) is 0 Å². The number of nitrogens with one attached hydrogen (secondary N) is 2. The Labute approximate surface area is 140 Å². The molecule has 2 rings (SSSR count). The second kappa shape index (κ2) is 7.51. The number of nitrogens with zero attached hydrogens (tertiary/aromatic N) is 1. The van der Waals surface area contributed by atoms with E-state index < -0.39 is 5.97 Å². The van der Waals surface area contributed by atoms with Gasteiger partial charge in [0.1, 0.15) is 0 Å². The summed E-state index contributed by atoms with van der Waals surface area (Å²) in [4.78, 5) is 10.9. The molecule has 0 saturated carbocycles. The van der Waals surface area contributed by atoms with Gasteiger partial charge >= 0.3 is 5.97 Å². The van der Waals surface area contributed by atoms with E-state index in [2.05, 4.69) is 15.8 Å². The molecule has 5 nitrogen and oxygen atoms in total. The van der Waals surface area contributed by atoms with Crippen LogP contribution in [0.5, 0.6) is 0 Å². The fourth-order valence-corrected chi connectivity index (χ4v) is 2.05. The van der Waals surface area contributed by atoms with E-state index in [1.54, 1.807) is 12.1 Å². The number of benzene rings is 2. The molecule has 0 unspecified atom stereocenters. The first-order valence-electron chi connectivity index (χ1n) is 6.97. The molecule has 0 heterocycles. The second-order valence-corrected chi connectivity index (χ2v) is 5.42. The maximum atomic E-state index is 10.9. The molecule has 2 aromatic carbocycles. The number of thiocarbonyl (C=S) groups is 1. The molecule has 0 saturated heterocycles. The van der Waals surface area contributed by atoms with E-state index in [0.717, 1.165) is 11.3 Å². The van der Waals surface area contributed by atoms with E-state index >= 15 is 0 Å². The van der Waals surface area contributed by atoms with Gasteiger partial charge in [-0.2, -0.15) is 5.10 Å². The third kappa shape index (κ3) is 4.89. The molecule has 2 aromatic rings. The van der Waals surface area contributed by atoms with E-state index in [4.69, 9.17) is 17.3 Å². The number of carboxylic acid groups (broad SMARTS) is 1. The molecule has 0 aliphatic carbocycles. The molecule has 0 bridgehead atoms. The van der Waals surface area contributed by atoms with Crippen molar-refractivity contribution in [2.45, 2.75) is 13.8 Å². The van der Waals surface area contributed by atoms with Gasteiger partial charge in [0.2, 0.25) is 0 Å². The van der Waals surface area contributed by atoms with Crippen molar-refractivity contribution in [3.05, 3.63) is 65.2 Å². The molecular formula is C17H17N3O2S. The minimum Gasteiger partial charge on any atom is -0.478 e. The van der Waals surface area contributed by atoms with E-state index in [1.807, 2.05) is 38.1 Å². The quantitative estimate of drug-likeness (QED) is 0.456. The highest BCUT2D eigenvalue weighted by Crippen LogP contribution is 2.10. The predicted molar refractivity (Wildman–Crippen MR) is 96.1 cm³/mol. The Bertz CT molecular complexity index is 755. The molecule has 118 valence electrons. The number of rotatable bonds is 4. The van der Waals surface area contributed by atoms with Gasteiger partial charge in [0.15, 0.2) is 5.11 Å². The Kier molecular flexibility index (Phi) is 5.43. The number of hydrogen-bond donors (Lipinski definition) is 3. The minimum atomic E-state index is -0.985. The molecule has 6 heteroatoms. The molecule has 0 atom stereocenters. The van der Waals surface area contributed by atoms with Crippen LogP contribution >= 0.6 is 12.2 Å². The summed E-state index contributed by atoms with van der Waals surface area (Å²) >= 11 is 5.16. The van der Waals surface area contributed by atoms with E-state index in [1.165, 1.54) is 17.7 Å². The second-order valence-electron chi connectivity index (χ2n) is 5.02. The zero-order chi connectivity index (χ0) is 16.8. The fourth-order valence-electron chi connectivity index (χ4n) is 1.88.